The molecule has 142 valence electrons. The summed E-state index contributed by atoms with van der Waals surface area (Å²) in [5, 5.41) is 9.35. The zero-order chi connectivity index (χ0) is 19.3. The van der Waals surface area contributed by atoms with Crippen molar-refractivity contribution in [2.45, 2.75) is 71.1 Å². The summed E-state index contributed by atoms with van der Waals surface area (Å²) in [7, 11) is 0. The van der Waals surface area contributed by atoms with E-state index in [0.717, 1.165) is 37.4 Å². The fraction of sp³-hybridized carbons (Fsp3) is 0.684. The zero-order valence-corrected chi connectivity index (χ0v) is 16.7. The second-order valence-electron chi connectivity index (χ2n) is 7.78. The molecule has 1 aromatic heterocycles. The van der Waals surface area contributed by atoms with E-state index in [0.29, 0.717) is 28.6 Å². The summed E-state index contributed by atoms with van der Waals surface area (Å²) in [6.07, 6.45) is 4.45. The SMILES string of the molecule is CCc1nc(SCC(=O)OC2CCC(C(C)(C)C)CC2)[nH]c(=O)c1C#N. The standard InChI is InChI=1S/C19H27N3O3S/c1-5-15-14(10-20)17(24)22-18(21-15)26-11-16(23)25-13-8-6-12(7-9-13)19(2,3)4/h12-13H,5-9,11H2,1-4H3,(H,21,22,24). The molecule has 0 saturated heterocycles. The highest BCUT2D eigenvalue weighted by Crippen LogP contribution is 2.38. The van der Waals surface area contributed by atoms with E-state index >= 15 is 0 Å². The van der Waals surface area contributed by atoms with Crippen LogP contribution < -0.4 is 5.56 Å². The quantitative estimate of drug-likeness (QED) is 0.480. The molecule has 1 aliphatic carbocycles. The molecule has 2 rings (SSSR count). The molecular weight excluding hydrogens is 350 g/mol. The molecule has 6 nitrogen and oxygen atoms in total. The van der Waals surface area contributed by atoms with Gasteiger partial charge in [0.05, 0.1) is 11.4 Å². The average Bonchev–Trinajstić information content (AvgIpc) is 2.59. The molecule has 0 atom stereocenters. The Morgan fingerprint density at radius 2 is 2.00 bits per heavy atom. The Morgan fingerprint density at radius 3 is 2.54 bits per heavy atom. The van der Waals surface area contributed by atoms with Crippen molar-refractivity contribution in [3.63, 3.8) is 0 Å². The molecule has 0 aliphatic heterocycles. The first kappa shape index (κ1) is 20.5. The fourth-order valence-electron chi connectivity index (χ4n) is 3.33. The number of nitriles is 1. The van der Waals surface area contributed by atoms with Crippen molar-refractivity contribution in [3.8, 4) is 6.07 Å². The molecular formula is C19H27N3O3S. The van der Waals surface area contributed by atoms with Crippen molar-refractivity contribution >= 4 is 17.7 Å². The van der Waals surface area contributed by atoms with E-state index in [4.69, 9.17) is 10.00 Å². The Hall–Kier alpha value is -1.81. The Balaban J connectivity index is 1.86. The largest absolute Gasteiger partial charge is 0.462 e. The van der Waals surface area contributed by atoms with Crippen molar-refractivity contribution in [1.29, 1.82) is 5.26 Å². The smallest absolute Gasteiger partial charge is 0.316 e. The van der Waals surface area contributed by atoms with Gasteiger partial charge in [0, 0.05) is 0 Å². The van der Waals surface area contributed by atoms with Gasteiger partial charge in [0.25, 0.3) is 5.56 Å². The van der Waals surface area contributed by atoms with Gasteiger partial charge in [-0.05, 0) is 43.4 Å². The Bertz CT molecular complexity index is 738. The number of aryl methyl sites for hydroxylation is 1. The van der Waals surface area contributed by atoms with Crippen molar-refractivity contribution in [2.24, 2.45) is 11.3 Å². The lowest BCUT2D eigenvalue weighted by molar-refractivity contribution is -0.148. The van der Waals surface area contributed by atoms with Crippen LogP contribution in [0, 0.1) is 22.7 Å². The summed E-state index contributed by atoms with van der Waals surface area (Å²) >= 11 is 1.13. The summed E-state index contributed by atoms with van der Waals surface area (Å²) in [4.78, 5) is 30.8. The van der Waals surface area contributed by atoms with Crippen molar-refractivity contribution in [1.82, 2.24) is 9.97 Å². The Kier molecular flexibility index (Phi) is 6.87. The second kappa shape index (κ2) is 8.72. The summed E-state index contributed by atoms with van der Waals surface area (Å²) in [6, 6.07) is 1.87. The number of rotatable bonds is 5. The normalized spacial score (nSPS) is 20.4. The van der Waals surface area contributed by atoms with Crippen LogP contribution in [0.25, 0.3) is 0 Å². The lowest BCUT2D eigenvalue weighted by Gasteiger charge is -2.36. The maximum absolute atomic E-state index is 12.1. The van der Waals surface area contributed by atoms with Crippen LogP contribution in [0.1, 0.15) is 64.6 Å². The predicted octanol–water partition coefficient (Wildman–Crippen LogP) is 3.44. The van der Waals surface area contributed by atoms with Crippen LogP contribution in [0.2, 0.25) is 0 Å². The number of H-pyrrole nitrogens is 1. The first-order chi connectivity index (χ1) is 12.2. The van der Waals surface area contributed by atoms with Crippen molar-refractivity contribution < 1.29 is 9.53 Å². The first-order valence-corrected chi connectivity index (χ1v) is 10.1. The van der Waals surface area contributed by atoms with Crippen LogP contribution in [0.15, 0.2) is 9.95 Å². The highest BCUT2D eigenvalue weighted by atomic mass is 32.2. The van der Waals surface area contributed by atoms with Gasteiger partial charge in [-0.3, -0.25) is 9.59 Å². The van der Waals surface area contributed by atoms with Gasteiger partial charge in [0.2, 0.25) is 0 Å². The van der Waals surface area contributed by atoms with Crippen LogP contribution in [-0.2, 0) is 16.0 Å². The van der Waals surface area contributed by atoms with Gasteiger partial charge in [0.1, 0.15) is 17.7 Å². The van der Waals surface area contributed by atoms with Gasteiger partial charge in [-0.15, -0.1) is 0 Å². The molecule has 1 saturated carbocycles. The lowest BCUT2D eigenvalue weighted by atomic mass is 9.72. The molecule has 7 heteroatoms. The van der Waals surface area contributed by atoms with E-state index in [1.165, 1.54) is 0 Å². The highest BCUT2D eigenvalue weighted by Gasteiger charge is 2.31. The minimum absolute atomic E-state index is 0.0131. The number of ether oxygens (including phenoxy) is 1. The molecule has 0 spiro atoms. The third kappa shape index (κ3) is 5.34. The molecule has 1 heterocycles. The molecule has 26 heavy (non-hydrogen) atoms. The van der Waals surface area contributed by atoms with E-state index in [1.807, 2.05) is 13.0 Å². The van der Waals surface area contributed by atoms with E-state index < -0.39 is 5.56 Å². The van der Waals surface area contributed by atoms with Gasteiger partial charge in [-0.2, -0.15) is 5.26 Å². The Morgan fingerprint density at radius 1 is 1.35 bits per heavy atom. The molecule has 0 amide bonds. The van der Waals surface area contributed by atoms with E-state index in [1.54, 1.807) is 0 Å². The zero-order valence-electron chi connectivity index (χ0n) is 15.9. The summed E-state index contributed by atoms with van der Waals surface area (Å²) in [5.41, 5.74) is 0.327. The molecule has 0 bridgehead atoms. The molecule has 1 aliphatic rings. The number of thioether (sulfide) groups is 1. The monoisotopic (exact) mass is 377 g/mol. The number of nitrogens with one attached hydrogen (secondary N) is 1. The van der Waals surface area contributed by atoms with Crippen molar-refractivity contribution in [2.75, 3.05) is 5.75 Å². The molecule has 1 N–H and O–H groups in total. The van der Waals surface area contributed by atoms with Crippen LogP contribution in [-0.4, -0.2) is 27.8 Å². The number of hydrogen-bond donors (Lipinski definition) is 1. The predicted molar refractivity (Wildman–Crippen MR) is 101 cm³/mol. The minimum atomic E-state index is -0.462. The third-order valence-electron chi connectivity index (χ3n) is 4.94. The lowest BCUT2D eigenvalue weighted by Crippen LogP contribution is -2.30. The minimum Gasteiger partial charge on any atom is -0.462 e. The van der Waals surface area contributed by atoms with E-state index in [2.05, 4.69) is 30.7 Å². The van der Waals surface area contributed by atoms with Crippen LogP contribution in [0.4, 0.5) is 0 Å². The number of aromatic nitrogens is 2. The maximum atomic E-state index is 12.1. The number of nitrogens with zero attached hydrogens (tertiary/aromatic N) is 2. The fourth-order valence-corrected chi connectivity index (χ4v) is 3.99. The van der Waals surface area contributed by atoms with Gasteiger partial charge >= 0.3 is 5.97 Å². The van der Waals surface area contributed by atoms with Gasteiger partial charge in [0.15, 0.2) is 5.16 Å². The Labute approximate surface area is 158 Å². The van der Waals surface area contributed by atoms with Crippen LogP contribution in [0.5, 0.6) is 0 Å². The third-order valence-corrected chi connectivity index (χ3v) is 5.79. The topological polar surface area (TPSA) is 95.8 Å². The molecule has 1 fully saturated rings. The summed E-state index contributed by atoms with van der Waals surface area (Å²) in [5.74, 6) is 0.475. The summed E-state index contributed by atoms with van der Waals surface area (Å²) in [6.45, 7) is 8.61. The van der Waals surface area contributed by atoms with Gasteiger partial charge in [-0.25, -0.2) is 4.98 Å². The highest BCUT2D eigenvalue weighted by molar-refractivity contribution is 7.99. The van der Waals surface area contributed by atoms with Crippen LogP contribution >= 0.6 is 11.8 Å². The van der Waals surface area contributed by atoms with E-state index in [9.17, 15) is 9.59 Å². The maximum Gasteiger partial charge on any atom is 0.316 e. The number of carbonyl (C=O) groups is 1. The number of esters is 1. The number of aromatic amines is 1. The van der Waals surface area contributed by atoms with Crippen molar-refractivity contribution in [3.05, 3.63) is 21.6 Å². The molecule has 0 unspecified atom stereocenters. The molecule has 0 radical (unpaired) electrons. The van der Waals surface area contributed by atoms with E-state index in [-0.39, 0.29) is 23.4 Å². The molecule has 1 aromatic rings. The first-order valence-electron chi connectivity index (χ1n) is 9.10. The second-order valence-corrected chi connectivity index (χ2v) is 8.74. The number of hydrogen-bond acceptors (Lipinski definition) is 6. The number of carbonyl (C=O) groups excluding carboxylic acids is 1. The van der Waals surface area contributed by atoms with Crippen LogP contribution in [0.3, 0.4) is 0 Å². The average molecular weight is 378 g/mol. The molecule has 0 aromatic carbocycles. The van der Waals surface area contributed by atoms with Gasteiger partial charge in [-0.1, -0.05) is 39.5 Å². The summed E-state index contributed by atoms with van der Waals surface area (Å²) < 4.78 is 5.57. The van der Waals surface area contributed by atoms with Gasteiger partial charge < -0.3 is 9.72 Å².